The molecule has 1 atom stereocenters. The summed E-state index contributed by atoms with van der Waals surface area (Å²) in [6.07, 6.45) is 1.55. The first kappa shape index (κ1) is 15.7. The first-order valence-corrected chi connectivity index (χ1v) is 8.35. The summed E-state index contributed by atoms with van der Waals surface area (Å²) in [5.74, 6) is 0.434. The molecule has 2 amide bonds. The Kier molecular flexibility index (Phi) is 3.71. The van der Waals surface area contributed by atoms with Crippen LogP contribution in [0.1, 0.15) is 39.4 Å². The highest BCUT2D eigenvalue weighted by molar-refractivity contribution is 5.97. The molecule has 130 valence electrons. The molecular weight excluding hydrogens is 322 g/mol. The molecule has 2 aliphatic heterocycles. The van der Waals surface area contributed by atoms with Gasteiger partial charge in [0.25, 0.3) is 11.8 Å². The maximum Gasteiger partial charge on any atom is 0.292 e. The number of carbonyl (C=O) groups is 2. The molecule has 1 saturated heterocycles. The Balaban J connectivity index is 1.60. The van der Waals surface area contributed by atoms with Crippen LogP contribution < -0.4 is 10.1 Å². The number of ether oxygens (including phenoxy) is 1. The Morgan fingerprint density at radius 2 is 2.20 bits per heavy atom. The minimum absolute atomic E-state index is 0.151. The van der Waals surface area contributed by atoms with Crippen molar-refractivity contribution in [1.82, 2.24) is 15.4 Å². The fraction of sp³-hybridized carbons (Fsp3) is 0.389. The molecule has 1 aromatic carbocycles. The molecule has 2 aliphatic rings. The summed E-state index contributed by atoms with van der Waals surface area (Å²) in [6.45, 7) is 3.15. The number of amides is 2. The molecule has 7 nitrogen and oxygen atoms in total. The SMILES string of the molecule is Cc1cc(C(=O)N2CCCC3(CNC(=O)c4ccccc4O3)C2)on1. The highest BCUT2D eigenvalue weighted by Gasteiger charge is 2.42. The van der Waals surface area contributed by atoms with Crippen molar-refractivity contribution in [2.45, 2.75) is 25.4 Å². The van der Waals surface area contributed by atoms with Gasteiger partial charge in [0, 0.05) is 12.6 Å². The van der Waals surface area contributed by atoms with Crippen molar-refractivity contribution in [3.05, 3.63) is 47.3 Å². The number of fused-ring (bicyclic) bond motifs is 1. The molecular formula is C18H19N3O4. The van der Waals surface area contributed by atoms with Crippen molar-refractivity contribution in [2.75, 3.05) is 19.6 Å². The van der Waals surface area contributed by atoms with Gasteiger partial charge in [-0.25, -0.2) is 0 Å². The summed E-state index contributed by atoms with van der Waals surface area (Å²) in [4.78, 5) is 26.7. The molecule has 1 aromatic heterocycles. The molecule has 0 saturated carbocycles. The van der Waals surface area contributed by atoms with Crippen LogP contribution in [0.25, 0.3) is 0 Å². The van der Waals surface area contributed by atoms with E-state index in [0.29, 0.717) is 36.6 Å². The first-order chi connectivity index (χ1) is 12.1. The average Bonchev–Trinajstić information content (AvgIpc) is 3.01. The third kappa shape index (κ3) is 2.86. The molecule has 25 heavy (non-hydrogen) atoms. The number of hydrogen-bond donors (Lipinski definition) is 1. The van der Waals surface area contributed by atoms with Gasteiger partial charge in [0.2, 0.25) is 5.76 Å². The number of aromatic nitrogens is 1. The highest BCUT2D eigenvalue weighted by Crippen LogP contribution is 2.32. The van der Waals surface area contributed by atoms with Crippen molar-refractivity contribution in [3.63, 3.8) is 0 Å². The Bertz CT molecular complexity index is 831. The van der Waals surface area contributed by atoms with Gasteiger partial charge in [0.1, 0.15) is 11.4 Å². The molecule has 0 bridgehead atoms. The monoisotopic (exact) mass is 341 g/mol. The van der Waals surface area contributed by atoms with Crippen LogP contribution in [0.2, 0.25) is 0 Å². The number of nitrogens with one attached hydrogen (secondary N) is 1. The van der Waals surface area contributed by atoms with E-state index in [1.807, 2.05) is 12.1 Å². The predicted molar refractivity (Wildman–Crippen MR) is 88.5 cm³/mol. The van der Waals surface area contributed by atoms with Crippen LogP contribution in [0.4, 0.5) is 0 Å². The Hall–Kier alpha value is -2.83. The summed E-state index contributed by atoms with van der Waals surface area (Å²) in [6, 6.07) is 8.82. The summed E-state index contributed by atoms with van der Waals surface area (Å²) in [5, 5.41) is 6.71. The maximum absolute atomic E-state index is 12.7. The molecule has 3 heterocycles. The van der Waals surface area contributed by atoms with E-state index in [1.54, 1.807) is 30.0 Å². The predicted octanol–water partition coefficient (Wildman–Crippen LogP) is 1.78. The lowest BCUT2D eigenvalue weighted by Gasteiger charge is -2.41. The van der Waals surface area contributed by atoms with Crippen LogP contribution in [0.3, 0.4) is 0 Å². The summed E-state index contributed by atoms with van der Waals surface area (Å²) in [7, 11) is 0. The lowest BCUT2D eigenvalue weighted by molar-refractivity contribution is -0.00230. The van der Waals surface area contributed by atoms with Crippen LogP contribution >= 0.6 is 0 Å². The first-order valence-electron chi connectivity index (χ1n) is 8.35. The Labute approximate surface area is 144 Å². The van der Waals surface area contributed by atoms with E-state index in [1.165, 1.54) is 0 Å². The fourth-order valence-electron chi connectivity index (χ4n) is 3.47. The van der Waals surface area contributed by atoms with Gasteiger partial charge in [-0.3, -0.25) is 9.59 Å². The number of rotatable bonds is 1. The second-order valence-corrected chi connectivity index (χ2v) is 6.63. The van der Waals surface area contributed by atoms with Crippen molar-refractivity contribution in [2.24, 2.45) is 0 Å². The number of nitrogens with zero attached hydrogens (tertiary/aromatic N) is 2. The number of benzene rings is 1. The third-order valence-corrected chi connectivity index (χ3v) is 4.69. The number of piperidine rings is 1. The van der Waals surface area contributed by atoms with E-state index in [-0.39, 0.29) is 17.6 Å². The molecule has 1 spiro atoms. The number of likely N-dealkylation sites (tertiary alicyclic amines) is 1. The zero-order chi connectivity index (χ0) is 17.4. The fourth-order valence-corrected chi connectivity index (χ4v) is 3.47. The zero-order valence-corrected chi connectivity index (χ0v) is 13.9. The highest BCUT2D eigenvalue weighted by atomic mass is 16.5. The van der Waals surface area contributed by atoms with E-state index < -0.39 is 5.60 Å². The van der Waals surface area contributed by atoms with Crippen LogP contribution in [0, 0.1) is 6.92 Å². The van der Waals surface area contributed by atoms with Crippen molar-refractivity contribution < 1.29 is 18.8 Å². The van der Waals surface area contributed by atoms with Gasteiger partial charge in [-0.2, -0.15) is 0 Å². The van der Waals surface area contributed by atoms with Crippen LogP contribution in [0.15, 0.2) is 34.9 Å². The normalized spacial score (nSPS) is 22.8. The summed E-state index contributed by atoms with van der Waals surface area (Å²) >= 11 is 0. The molecule has 1 fully saturated rings. The van der Waals surface area contributed by atoms with E-state index in [4.69, 9.17) is 9.26 Å². The van der Waals surface area contributed by atoms with Crippen molar-refractivity contribution >= 4 is 11.8 Å². The van der Waals surface area contributed by atoms with Crippen molar-refractivity contribution in [3.8, 4) is 5.75 Å². The van der Waals surface area contributed by atoms with Gasteiger partial charge in [-0.15, -0.1) is 0 Å². The number of para-hydroxylation sites is 1. The summed E-state index contributed by atoms with van der Waals surface area (Å²) in [5.41, 5.74) is 0.557. The van der Waals surface area contributed by atoms with E-state index in [0.717, 1.165) is 12.8 Å². The zero-order valence-electron chi connectivity index (χ0n) is 13.9. The molecule has 4 rings (SSSR count). The Morgan fingerprint density at radius 3 is 3.00 bits per heavy atom. The van der Waals surface area contributed by atoms with Gasteiger partial charge < -0.3 is 19.5 Å². The molecule has 7 heteroatoms. The molecule has 1 unspecified atom stereocenters. The van der Waals surface area contributed by atoms with Gasteiger partial charge >= 0.3 is 0 Å². The van der Waals surface area contributed by atoms with Gasteiger partial charge in [-0.05, 0) is 31.9 Å². The van der Waals surface area contributed by atoms with Gasteiger partial charge in [0.05, 0.1) is 24.3 Å². The number of hydrogen-bond acceptors (Lipinski definition) is 5. The molecule has 0 radical (unpaired) electrons. The third-order valence-electron chi connectivity index (χ3n) is 4.69. The second-order valence-electron chi connectivity index (χ2n) is 6.63. The summed E-state index contributed by atoms with van der Waals surface area (Å²) < 4.78 is 11.4. The van der Waals surface area contributed by atoms with E-state index >= 15 is 0 Å². The van der Waals surface area contributed by atoms with Gasteiger partial charge in [0.15, 0.2) is 0 Å². The average molecular weight is 341 g/mol. The van der Waals surface area contributed by atoms with Crippen LogP contribution in [-0.2, 0) is 0 Å². The van der Waals surface area contributed by atoms with E-state index in [9.17, 15) is 9.59 Å². The quantitative estimate of drug-likeness (QED) is 0.855. The standard InChI is InChI=1S/C18H19N3O4/c1-12-9-15(25-20-12)17(23)21-8-4-7-18(11-21)10-19-16(22)13-5-2-3-6-14(13)24-18/h2-3,5-6,9H,4,7-8,10-11H2,1H3,(H,19,22). The van der Waals surface area contributed by atoms with Gasteiger partial charge in [-0.1, -0.05) is 17.3 Å². The minimum atomic E-state index is -0.634. The smallest absolute Gasteiger partial charge is 0.292 e. The molecule has 1 N–H and O–H groups in total. The number of carbonyl (C=O) groups excluding carboxylic acids is 2. The largest absolute Gasteiger partial charge is 0.483 e. The van der Waals surface area contributed by atoms with E-state index in [2.05, 4.69) is 10.5 Å². The molecule has 2 aromatic rings. The second kappa shape index (κ2) is 5.91. The topological polar surface area (TPSA) is 84.7 Å². The maximum atomic E-state index is 12.7. The number of aryl methyl sites for hydroxylation is 1. The lowest BCUT2D eigenvalue weighted by Crippen LogP contribution is -2.57. The molecule has 0 aliphatic carbocycles. The van der Waals surface area contributed by atoms with Crippen LogP contribution in [0.5, 0.6) is 5.75 Å². The van der Waals surface area contributed by atoms with Crippen molar-refractivity contribution in [1.29, 1.82) is 0 Å². The lowest BCUT2D eigenvalue weighted by atomic mass is 9.92. The minimum Gasteiger partial charge on any atom is -0.483 e. The van der Waals surface area contributed by atoms with Crippen LogP contribution in [-0.4, -0.2) is 47.1 Å². The Morgan fingerprint density at radius 1 is 1.36 bits per heavy atom.